The minimum atomic E-state index is -1.58. The van der Waals surface area contributed by atoms with E-state index < -0.39 is 60.4 Å². The number of hydrogen-bond acceptors (Lipinski definition) is 14. The standard InChI is InChI=1S/C26H28O14/c1-35-18-4-10(2-3-16(18)40-26-24(34)22(32)15(30)9-37-26)17-7-13(28)20-12(27)5-11(6-19(20)39-17)38-25-23(33)21(31)14(29)8-36-25/h2-7,14-15,21-27,29-34H,8-9H2,1H3/t14-,15-,21+,22?,23?,24?,25+,26+/m1/s1. The zero-order chi connectivity index (χ0) is 28.7. The summed E-state index contributed by atoms with van der Waals surface area (Å²) in [4.78, 5) is 12.9. The molecule has 14 nitrogen and oxygen atoms in total. The Balaban J connectivity index is 1.43. The predicted molar refractivity (Wildman–Crippen MR) is 133 cm³/mol. The summed E-state index contributed by atoms with van der Waals surface area (Å²) in [7, 11) is 1.36. The summed E-state index contributed by atoms with van der Waals surface area (Å²) in [6, 6.07) is 8.06. The number of methoxy groups -OCH3 is 1. The Morgan fingerprint density at radius 2 is 1.40 bits per heavy atom. The molecule has 216 valence electrons. The monoisotopic (exact) mass is 564 g/mol. The van der Waals surface area contributed by atoms with Crippen molar-refractivity contribution in [2.75, 3.05) is 20.3 Å². The van der Waals surface area contributed by atoms with E-state index in [1.807, 2.05) is 0 Å². The van der Waals surface area contributed by atoms with E-state index in [4.69, 9.17) is 28.1 Å². The Morgan fingerprint density at radius 1 is 0.775 bits per heavy atom. The van der Waals surface area contributed by atoms with Crippen LogP contribution in [0.1, 0.15) is 0 Å². The van der Waals surface area contributed by atoms with Gasteiger partial charge in [-0.2, -0.15) is 0 Å². The predicted octanol–water partition coefficient (Wildman–Crippen LogP) is -1.19. The first-order chi connectivity index (χ1) is 19.1. The average molecular weight is 564 g/mol. The van der Waals surface area contributed by atoms with Gasteiger partial charge in [-0.1, -0.05) is 0 Å². The van der Waals surface area contributed by atoms with Gasteiger partial charge in [-0.05, 0) is 18.2 Å². The second-order valence-corrected chi connectivity index (χ2v) is 9.39. The van der Waals surface area contributed by atoms with Crippen LogP contribution in [0.25, 0.3) is 22.3 Å². The van der Waals surface area contributed by atoms with E-state index in [-0.39, 0.29) is 47.2 Å². The normalized spacial score (nSPS) is 30.7. The molecular weight excluding hydrogens is 536 g/mol. The SMILES string of the molecule is COc1cc(-c2cc(=O)c3c(O)cc(O[C@@H]4OC[C@@H](O)[C@H](O)C4O)cc3o2)ccc1O[C@@H]1OC[C@@H](O)C(O)C1O. The molecule has 40 heavy (non-hydrogen) atoms. The number of ether oxygens (including phenoxy) is 5. The first-order valence-corrected chi connectivity index (χ1v) is 12.2. The van der Waals surface area contributed by atoms with Gasteiger partial charge in [0.2, 0.25) is 12.6 Å². The molecule has 0 radical (unpaired) electrons. The molecule has 5 rings (SSSR count). The van der Waals surface area contributed by atoms with Crippen molar-refractivity contribution in [3.05, 3.63) is 46.6 Å². The fraction of sp³-hybridized carbons (Fsp3) is 0.423. The number of aliphatic hydroxyl groups excluding tert-OH is 6. The highest BCUT2D eigenvalue weighted by atomic mass is 16.7. The van der Waals surface area contributed by atoms with Crippen LogP contribution in [0.3, 0.4) is 0 Å². The molecule has 0 spiro atoms. The van der Waals surface area contributed by atoms with Gasteiger partial charge in [0.1, 0.15) is 64.9 Å². The van der Waals surface area contributed by atoms with Crippen LogP contribution in [-0.4, -0.2) is 105 Å². The average Bonchev–Trinajstić information content (AvgIpc) is 2.93. The lowest BCUT2D eigenvalue weighted by molar-refractivity contribution is -0.242. The van der Waals surface area contributed by atoms with Crippen molar-refractivity contribution >= 4 is 11.0 Å². The Labute approximate surface area is 225 Å². The minimum Gasteiger partial charge on any atom is -0.507 e. The third kappa shape index (κ3) is 5.31. The second-order valence-electron chi connectivity index (χ2n) is 9.39. The van der Waals surface area contributed by atoms with Crippen molar-refractivity contribution in [1.29, 1.82) is 0 Å². The highest BCUT2D eigenvalue weighted by Gasteiger charge is 2.40. The molecule has 14 heteroatoms. The largest absolute Gasteiger partial charge is 0.507 e. The minimum absolute atomic E-state index is 0.0439. The molecule has 2 saturated heterocycles. The maximum Gasteiger partial charge on any atom is 0.229 e. The molecule has 0 aliphatic carbocycles. The zero-order valence-electron chi connectivity index (χ0n) is 21.0. The topological polar surface area (TPSA) is 218 Å². The van der Waals surface area contributed by atoms with Crippen LogP contribution in [0.15, 0.2) is 45.6 Å². The molecule has 0 saturated carbocycles. The van der Waals surface area contributed by atoms with Crippen molar-refractivity contribution in [1.82, 2.24) is 0 Å². The smallest absolute Gasteiger partial charge is 0.229 e. The van der Waals surface area contributed by atoms with E-state index in [0.717, 1.165) is 12.1 Å². The molecule has 3 unspecified atom stereocenters. The molecule has 2 aliphatic rings. The highest BCUT2D eigenvalue weighted by Crippen LogP contribution is 2.36. The molecule has 2 aromatic carbocycles. The fourth-order valence-electron chi connectivity index (χ4n) is 4.40. The number of aromatic hydroxyl groups is 1. The molecule has 0 amide bonds. The van der Waals surface area contributed by atoms with Gasteiger partial charge >= 0.3 is 0 Å². The van der Waals surface area contributed by atoms with Crippen LogP contribution in [0.4, 0.5) is 0 Å². The van der Waals surface area contributed by atoms with Gasteiger partial charge in [0, 0.05) is 23.8 Å². The Bertz CT molecular complexity index is 1420. The van der Waals surface area contributed by atoms with Crippen molar-refractivity contribution < 1.29 is 63.8 Å². The molecule has 3 aromatic rings. The number of benzene rings is 2. The van der Waals surface area contributed by atoms with Gasteiger partial charge in [0.15, 0.2) is 16.9 Å². The van der Waals surface area contributed by atoms with Gasteiger partial charge in [0.25, 0.3) is 0 Å². The van der Waals surface area contributed by atoms with Crippen LogP contribution in [0, 0.1) is 0 Å². The Morgan fingerprint density at radius 3 is 2.02 bits per heavy atom. The number of hydrogen-bond donors (Lipinski definition) is 7. The van der Waals surface area contributed by atoms with Gasteiger partial charge in [-0.15, -0.1) is 0 Å². The summed E-state index contributed by atoms with van der Waals surface area (Å²) in [6.07, 6.45) is -11.3. The van der Waals surface area contributed by atoms with Gasteiger partial charge in [0.05, 0.1) is 20.3 Å². The van der Waals surface area contributed by atoms with Crippen molar-refractivity contribution in [3.63, 3.8) is 0 Å². The van der Waals surface area contributed by atoms with Gasteiger partial charge < -0.3 is 63.8 Å². The van der Waals surface area contributed by atoms with E-state index in [1.54, 1.807) is 0 Å². The molecule has 7 N–H and O–H groups in total. The zero-order valence-corrected chi connectivity index (χ0v) is 21.0. The number of aliphatic hydroxyl groups is 6. The first kappa shape index (κ1) is 28.1. The molecule has 0 bridgehead atoms. The van der Waals surface area contributed by atoms with Crippen molar-refractivity contribution in [2.45, 2.75) is 49.2 Å². The summed E-state index contributed by atoms with van der Waals surface area (Å²) in [6.45, 7) is -0.546. The number of rotatable bonds is 6. The van der Waals surface area contributed by atoms with E-state index >= 15 is 0 Å². The molecule has 1 aromatic heterocycles. The van der Waals surface area contributed by atoms with E-state index in [1.165, 1.54) is 31.4 Å². The van der Waals surface area contributed by atoms with Gasteiger partial charge in [-0.3, -0.25) is 4.79 Å². The van der Waals surface area contributed by atoms with Crippen molar-refractivity contribution in [3.8, 4) is 34.3 Å². The van der Waals surface area contributed by atoms with Crippen LogP contribution in [0.5, 0.6) is 23.0 Å². The van der Waals surface area contributed by atoms with Crippen molar-refractivity contribution in [2.24, 2.45) is 0 Å². The lowest BCUT2D eigenvalue weighted by atomic mass is 10.1. The fourth-order valence-corrected chi connectivity index (χ4v) is 4.40. The molecule has 3 heterocycles. The van der Waals surface area contributed by atoms with E-state index in [2.05, 4.69) is 0 Å². The molecular formula is C26H28O14. The Hall–Kier alpha value is -3.47. The van der Waals surface area contributed by atoms with Crippen LogP contribution in [-0.2, 0) is 9.47 Å². The summed E-state index contributed by atoms with van der Waals surface area (Å²) in [5.41, 5.74) is -0.259. The first-order valence-electron chi connectivity index (χ1n) is 12.2. The third-order valence-electron chi connectivity index (χ3n) is 6.64. The number of phenols is 1. The highest BCUT2D eigenvalue weighted by molar-refractivity contribution is 5.86. The second kappa shape index (κ2) is 11.2. The van der Waals surface area contributed by atoms with E-state index in [9.17, 15) is 40.5 Å². The summed E-state index contributed by atoms with van der Waals surface area (Å²) in [5, 5.41) is 69.7. The lowest BCUT2D eigenvalue weighted by Crippen LogP contribution is -2.54. The number of fused-ring (bicyclic) bond motifs is 1. The quantitative estimate of drug-likeness (QED) is 0.187. The van der Waals surface area contributed by atoms with E-state index in [0.29, 0.717) is 5.56 Å². The Kier molecular flexibility index (Phi) is 7.85. The summed E-state index contributed by atoms with van der Waals surface area (Å²) >= 11 is 0. The van der Waals surface area contributed by atoms with Crippen LogP contribution < -0.4 is 19.6 Å². The lowest BCUT2D eigenvalue weighted by Gasteiger charge is -2.35. The van der Waals surface area contributed by atoms with Crippen LogP contribution in [0.2, 0.25) is 0 Å². The summed E-state index contributed by atoms with van der Waals surface area (Å²) in [5.74, 6) is -0.121. The third-order valence-corrected chi connectivity index (χ3v) is 6.64. The molecule has 2 aliphatic heterocycles. The maximum atomic E-state index is 12.9. The molecule has 2 fully saturated rings. The van der Waals surface area contributed by atoms with Gasteiger partial charge in [-0.25, -0.2) is 0 Å². The summed E-state index contributed by atoms with van der Waals surface area (Å²) < 4.78 is 32.9. The molecule has 8 atom stereocenters. The van der Waals surface area contributed by atoms with Crippen LogP contribution >= 0.6 is 0 Å². The number of phenolic OH excluding ortho intramolecular Hbond substituents is 1. The maximum absolute atomic E-state index is 12.9.